The molecule has 4 rings (SSSR count). The quantitative estimate of drug-likeness (QED) is 0.295. The fourth-order valence-corrected chi connectivity index (χ4v) is 4.13. The lowest BCUT2D eigenvalue weighted by molar-refractivity contribution is 0.0937. The number of imidazole rings is 1. The molecule has 0 fully saturated rings. The molecule has 6 heteroatoms. The number of amides is 1. The molecule has 0 spiro atoms. The Kier molecular flexibility index (Phi) is 7.30. The number of carbonyl (C=O) groups is 1. The van der Waals surface area contributed by atoms with Crippen molar-refractivity contribution in [3.8, 4) is 5.75 Å². The third-order valence-electron chi connectivity index (χ3n) is 5.68. The predicted octanol–water partition coefficient (Wildman–Crippen LogP) is 6.35. The summed E-state index contributed by atoms with van der Waals surface area (Å²) >= 11 is 6.16. The van der Waals surface area contributed by atoms with Crippen molar-refractivity contribution in [1.29, 1.82) is 0 Å². The Morgan fingerprint density at radius 3 is 2.58 bits per heavy atom. The highest BCUT2D eigenvalue weighted by molar-refractivity contribution is 6.32. The zero-order valence-electron chi connectivity index (χ0n) is 18.9. The van der Waals surface area contributed by atoms with Crippen LogP contribution in [0.25, 0.3) is 11.0 Å². The van der Waals surface area contributed by atoms with Gasteiger partial charge in [0.1, 0.15) is 11.6 Å². The van der Waals surface area contributed by atoms with E-state index in [1.807, 2.05) is 80.6 Å². The number of nitrogens with zero attached hydrogens (tertiary/aromatic N) is 2. The number of unbranched alkanes of at least 4 members (excludes halogenated alkanes) is 1. The van der Waals surface area contributed by atoms with Gasteiger partial charge in [0.15, 0.2) is 0 Å². The minimum atomic E-state index is -0.233. The Balaban J connectivity index is 1.44. The summed E-state index contributed by atoms with van der Waals surface area (Å²) in [7, 11) is 0. The predicted molar refractivity (Wildman–Crippen MR) is 133 cm³/mol. The molecule has 3 aromatic carbocycles. The minimum Gasteiger partial charge on any atom is -0.492 e. The van der Waals surface area contributed by atoms with Gasteiger partial charge in [-0.15, -0.1) is 0 Å². The van der Waals surface area contributed by atoms with Crippen molar-refractivity contribution in [3.63, 3.8) is 0 Å². The molecule has 1 atom stereocenters. The second-order valence-electron chi connectivity index (χ2n) is 8.11. The summed E-state index contributed by atoms with van der Waals surface area (Å²) in [6.45, 7) is 5.30. The Hall–Kier alpha value is -3.31. The summed E-state index contributed by atoms with van der Waals surface area (Å²) in [5.41, 5.74) is 3.63. The van der Waals surface area contributed by atoms with E-state index in [0.29, 0.717) is 22.9 Å². The van der Waals surface area contributed by atoms with Crippen molar-refractivity contribution in [1.82, 2.24) is 14.9 Å². The number of hydrogen-bond acceptors (Lipinski definition) is 3. The number of halogens is 1. The standard InChI is InChI=1S/C27H28ClN3O2/c1-19-11-3-4-12-21(19)27(32)29-20(2)26-30-23-14-6-7-15-24(23)31(26)17-9-10-18-33-25-16-8-5-13-22(25)28/h3-8,11-16,20H,9-10,17-18H2,1-2H3,(H,29,32). The van der Waals surface area contributed by atoms with Crippen LogP contribution < -0.4 is 10.1 Å². The Morgan fingerprint density at radius 2 is 1.76 bits per heavy atom. The molecule has 0 saturated carbocycles. The zero-order chi connectivity index (χ0) is 23.2. The molecule has 1 aromatic heterocycles. The van der Waals surface area contributed by atoms with Gasteiger partial charge in [0.25, 0.3) is 5.91 Å². The van der Waals surface area contributed by atoms with Crippen molar-refractivity contribution in [2.45, 2.75) is 39.3 Å². The second-order valence-corrected chi connectivity index (χ2v) is 8.51. The summed E-state index contributed by atoms with van der Waals surface area (Å²) in [6, 6.07) is 23.0. The van der Waals surface area contributed by atoms with Crippen LogP contribution in [0.2, 0.25) is 5.02 Å². The fourth-order valence-electron chi connectivity index (χ4n) is 3.94. The average Bonchev–Trinajstić information content (AvgIpc) is 3.19. The molecule has 0 aliphatic heterocycles. The van der Waals surface area contributed by atoms with Gasteiger partial charge in [-0.3, -0.25) is 4.79 Å². The van der Waals surface area contributed by atoms with Crippen LogP contribution in [0.1, 0.15) is 47.6 Å². The van der Waals surface area contributed by atoms with Crippen LogP contribution in [-0.2, 0) is 6.54 Å². The number of hydrogen-bond donors (Lipinski definition) is 1. The maximum absolute atomic E-state index is 12.9. The highest BCUT2D eigenvalue weighted by Gasteiger charge is 2.19. The summed E-state index contributed by atoms with van der Waals surface area (Å²) < 4.78 is 8.02. The third kappa shape index (κ3) is 5.37. The lowest BCUT2D eigenvalue weighted by atomic mass is 10.1. The van der Waals surface area contributed by atoms with Gasteiger partial charge in [-0.1, -0.05) is 54.1 Å². The van der Waals surface area contributed by atoms with E-state index < -0.39 is 0 Å². The number of aromatic nitrogens is 2. The molecule has 1 amide bonds. The monoisotopic (exact) mass is 461 g/mol. The average molecular weight is 462 g/mol. The van der Waals surface area contributed by atoms with E-state index in [0.717, 1.165) is 41.8 Å². The Morgan fingerprint density at radius 1 is 1.03 bits per heavy atom. The molecule has 1 unspecified atom stereocenters. The van der Waals surface area contributed by atoms with Gasteiger partial charge >= 0.3 is 0 Å². The van der Waals surface area contributed by atoms with Gasteiger partial charge in [-0.2, -0.15) is 0 Å². The van der Waals surface area contributed by atoms with Gasteiger partial charge in [0, 0.05) is 12.1 Å². The maximum Gasteiger partial charge on any atom is 0.252 e. The molecule has 1 N–H and O–H groups in total. The van der Waals surface area contributed by atoms with E-state index in [2.05, 4.69) is 16.0 Å². The van der Waals surface area contributed by atoms with Crippen molar-refractivity contribution >= 4 is 28.5 Å². The van der Waals surface area contributed by atoms with Crippen molar-refractivity contribution in [3.05, 3.63) is 94.8 Å². The molecule has 0 aliphatic carbocycles. The van der Waals surface area contributed by atoms with Gasteiger partial charge in [-0.25, -0.2) is 4.98 Å². The van der Waals surface area contributed by atoms with E-state index in [1.165, 1.54) is 0 Å². The van der Waals surface area contributed by atoms with Crippen LogP contribution in [-0.4, -0.2) is 22.1 Å². The summed E-state index contributed by atoms with van der Waals surface area (Å²) in [4.78, 5) is 17.7. The lowest BCUT2D eigenvalue weighted by Gasteiger charge is -2.17. The van der Waals surface area contributed by atoms with E-state index in [-0.39, 0.29) is 11.9 Å². The number of fused-ring (bicyclic) bond motifs is 1. The summed E-state index contributed by atoms with van der Waals surface area (Å²) in [5, 5.41) is 3.75. The number of rotatable bonds is 9. The van der Waals surface area contributed by atoms with Crippen molar-refractivity contribution < 1.29 is 9.53 Å². The van der Waals surface area contributed by atoms with Crippen molar-refractivity contribution in [2.24, 2.45) is 0 Å². The first-order valence-corrected chi connectivity index (χ1v) is 11.6. The number of para-hydroxylation sites is 3. The first-order chi connectivity index (χ1) is 16.0. The van der Waals surface area contributed by atoms with Crippen LogP contribution in [0, 0.1) is 6.92 Å². The van der Waals surface area contributed by atoms with Crippen LogP contribution in [0.5, 0.6) is 5.75 Å². The van der Waals surface area contributed by atoms with Crippen LogP contribution in [0.3, 0.4) is 0 Å². The van der Waals surface area contributed by atoms with Gasteiger partial charge in [0.05, 0.1) is 28.7 Å². The molecular formula is C27H28ClN3O2. The SMILES string of the molecule is Cc1ccccc1C(=O)NC(C)c1nc2ccccc2n1CCCCOc1ccccc1Cl. The van der Waals surface area contributed by atoms with Crippen LogP contribution in [0.4, 0.5) is 0 Å². The highest BCUT2D eigenvalue weighted by atomic mass is 35.5. The van der Waals surface area contributed by atoms with Crippen molar-refractivity contribution in [2.75, 3.05) is 6.61 Å². The molecule has 0 radical (unpaired) electrons. The number of benzene rings is 3. The van der Waals surface area contributed by atoms with Gasteiger partial charge in [-0.05, 0) is 62.6 Å². The molecule has 5 nitrogen and oxygen atoms in total. The van der Waals surface area contributed by atoms with Gasteiger partial charge < -0.3 is 14.6 Å². The molecule has 1 heterocycles. The summed E-state index contributed by atoms with van der Waals surface area (Å²) in [5.74, 6) is 1.47. The first-order valence-electron chi connectivity index (χ1n) is 11.2. The molecule has 33 heavy (non-hydrogen) atoms. The Labute approximate surface area is 199 Å². The zero-order valence-corrected chi connectivity index (χ0v) is 19.7. The van der Waals surface area contributed by atoms with E-state index in [4.69, 9.17) is 21.3 Å². The van der Waals surface area contributed by atoms with Crippen LogP contribution >= 0.6 is 11.6 Å². The first kappa shape index (κ1) is 22.9. The molecular weight excluding hydrogens is 434 g/mol. The molecule has 4 aromatic rings. The smallest absolute Gasteiger partial charge is 0.252 e. The largest absolute Gasteiger partial charge is 0.492 e. The van der Waals surface area contributed by atoms with Gasteiger partial charge in [0.2, 0.25) is 0 Å². The highest BCUT2D eigenvalue weighted by Crippen LogP contribution is 2.24. The number of carbonyl (C=O) groups excluding carboxylic acids is 1. The maximum atomic E-state index is 12.9. The minimum absolute atomic E-state index is 0.0904. The Bertz CT molecular complexity index is 1250. The van der Waals surface area contributed by atoms with E-state index in [1.54, 1.807) is 0 Å². The molecule has 0 aliphatic rings. The topological polar surface area (TPSA) is 56.2 Å². The third-order valence-corrected chi connectivity index (χ3v) is 5.99. The number of ether oxygens (including phenoxy) is 1. The van der Waals surface area contributed by atoms with E-state index >= 15 is 0 Å². The second kappa shape index (κ2) is 10.5. The normalized spacial score (nSPS) is 12.0. The van der Waals surface area contributed by atoms with Crippen LogP contribution in [0.15, 0.2) is 72.8 Å². The molecule has 0 saturated heterocycles. The number of nitrogens with one attached hydrogen (secondary N) is 1. The fraction of sp³-hybridized carbons (Fsp3) is 0.259. The number of aryl methyl sites for hydroxylation is 2. The molecule has 170 valence electrons. The molecule has 0 bridgehead atoms. The van der Waals surface area contributed by atoms with E-state index in [9.17, 15) is 4.79 Å². The lowest BCUT2D eigenvalue weighted by Crippen LogP contribution is -2.29. The summed E-state index contributed by atoms with van der Waals surface area (Å²) in [6.07, 6.45) is 1.79.